The third kappa shape index (κ3) is 23.1. The molecular formula is C16H34NO14P. The van der Waals surface area contributed by atoms with Gasteiger partial charge >= 0.3 is 13.8 Å². The van der Waals surface area contributed by atoms with E-state index >= 15 is 0 Å². The minimum absolute atomic E-state index is 0.0258. The lowest BCUT2D eigenvalue weighted by atomic mass is 10.0. The normalized spacial score (nSPS) is 16.0. The zero-order valence-corrected chi connectivity index (χ0v) is 19.1. The van der Waals surface area contributed by atoms with Crippen LogP contribution >= 0.6 is 7.82 Å². The van der Waals surface area contributed by atoms with Crippen LogP contribution in [0.1, 0.15) is 19.8 Å². The van der Waals surface area contributed by atoms with E-state index in [2.05, 4.69) is 4.52 Å². The molecule has 0 aromatic heterocycles. The molecule has 0 aromatic rings. The van der Waals surface area contributed by atoms with Crippen molar-refractivity contribution in [3.63, 3.8) is 0 Å². The molecule has 8 N–H and O–H groups in total. The summed E-state index contributed by atoms with van der Waals surface area (Å²) in [5.41, 5.74) is 0. The van der Waals surface area contributed by atoms with Crippen molar-refractivity contribution in [3.05, 3.63) is 0 Å². The molecule has 0 spiro atoms. The van der Waals surface area contributed by atoms with Crippen molar-refractivity contribution in [3.8, 4) is 0 Å². The predicted molar refractivity (Wildman–Crippen MR) is 104 cm³/mol. The minimum atomic E-state index is -4.59. The molecular weight excluding hydrogens is 461 g/mol. The Labute approximate surface area is 184 Å². The van der Waals surface area contributed by atoms with Crippen LogP contribution in [0.5, 0.6) is 0 Å². The number of likely N-dealkylation sites (N-methyl/N-ethyl adjacent to an activating group) is 1. The van der Waals surface area contributed by atoms with Crippen LogP contribution in [0.3, 0.4) is 0 Å². The quantitative estimate of drug-likeness (QED) is 0.0757. The van der Waals surface area contributed by atoms with Crippen molar-refractivity contribution in [1.82, 2.24) is 0 Å². The SMILES string of the molecule is CCC(=O)OP(=O)(O)O.C[N+](C)(C)C[C@H](O)CC(=O)[O-].O=C[C@H](O)[C@@H](O)[C@H](O)[C@H](O)CO. The number of phosphoric ester groups is 1. The molecule has 0 saturated carbocycles. The molecule has 0 aromatic carbocycles. The Kier molecular flexibility index (Phi) is 18.7. The van der Waals surface area contributed by atoms with E-state index in [4.69, 9.17) is 40.4 Å². The smallest absolute Gasteiger partial charge is 0.526 e. The summed E-state index contributed by atoms with van der Waals surface area (Å²) in [5.74, 6) is -2.10. The van der Waals surface area contributed by atoms with Gasteiger partial charge in [0.15, 0.2) is 6.29 Å². The van der Waals surface area contributed by atoms with Crippen LogP contribution < -0.4 is 5.11 Å². The summed E-state index contributed by atoms with van der Waals surface area (Å²) in [4.78, 5) is 46.0. The molecule has 15 nitrogen and oxygen atoms in total. The second-order valence-electron chi connectivity index (χ2n) is 7.37. The van der Waals surface area contributed by atoms with Gasteiger partial charge in [0.2, 0.25) is 0 Å². The molecule has 0 rings (SSSR count). The first kappa shape index (κ1) is 35.1. The highest BCUT2D eigenvalue weighted by Crippen LogP contribution is 2.35. The van der Waals surface area contributed by atoms with Gasteiger partial charge in [0.1, 0.15) is 37.1 Å². The van der Waals surface area contributed by atoms with Crippen LogP contribution in [0.2, 0.25) is 0 Å². The zero-order valence-electron chi connectivity index (χ0n) is 18.2. The van der Waals surface area contributed by atoms with Gasteiger partial charge in [-0.25, -0.2) is 4.57 Å². The number of hydrogen-bond donors (Lipinski definition) is 8. The Morgan fingerprint density at radius 2 is 1.53 bits per heavy atom. The number of aliphatic carboxylic acids is 1. The van der Waals surface area contributed by atoms with E-state index in [0.29, 0.717) is 11.0 Å². The lowest BCUT2D eigenvalue weighted by Gasteiger charge is -2.26. The number of phosphoric acid groups is 1. The van der Waals surface area contributed by atoms with Crippen molar-refractivity contribution < 1.29 is 73.5 Å². The van der Waals surface area contributed by atoms with Gasteiger partial charge in [0.25, 0.3) is 0 Å². The molecule has 0 bridgehead atoms. The standard InChI is InChI=1S/C7H15NO3.C6H12O6.C3H7O5P/c1-8(2,3)5-6(9)4-7(10)11;7-1-3(9)5(11)6(12)4(10)2-8;1-2-3(4)8-9(5,6)7/h6,9H,4-5H2,1-3H3;1,3-6,8-12H,2H2;2H2,1H3,(H2,5,6,7)/t6-;3-,4+,5+,6+;/m10./s1. The van der Waals surface area contributed by atoms with Crippen LogP contribution in [0.15, 0.2) is 0 Å². The molecule has 0 fully saturated rings. The highest BCUT2D eigenvalue weighted by Gasteiger charge is 2.29. The number of rotatable bonds is 11. The Morgan fingerprint density at radius 1 is 1.06 bits per heavy atom. The predicted octanol–water partition coefficient (Wildman–Crippen LogP) is -5.15. The van der Waals surface area contributed by atoms with Crippen LogP contribution in [0.25, 0.3) is 0 Å². The molecule has 0 aliphatic carbocycles. The second kappa shape index (κ2) is 17.0. The van der Waals surface area contributed by atoms with Crippen molar-refractivity contribution in [2.24, 2.45) is 0 Å². The molecule has 0 amide bonds. The Morgan fingerprint density at radius 3 is 1.78 bits per heavy atom. The molecule has 16 heteroatoms. The number of hydrogen-bond acceptors (Lipinski definition) is 12. The lowest BCUT2D eigenvalue weighted by molar-refractivity contribution is -0.873. The topological polar surface area (TPSA) is 262 Å². The highest BCUT2D eigenvalue weighted by atomic mass is 31.2. The summed E-state index contributed by atoms with van der Waals surface area (Å²) in [5, 5.41) is 62.7. The number of aldehydes is 1. The summed E-state index contributed by atoms with van der Waals surface area (Å²) in [6.07, 6.45) is -7.96. The van der Waals surface area contributed by atoms with Crippen LogP contribution in [-0.4, -0.2) is 128 Å². The Hall–Kier alpha value is -1.52. The van der Waals surface area contributed by atoms with Gasteiger partial charge in [-0.3, -0.25) is 14.6 Å². The lowest BCUT2D eigenvalue weighted by Crippen LogP contribution is -2.46. The summed E-state index contributed by atoms with van der Waals surface area (Å²) < 4.78 is 14.0. The van der Waals surface area contributed by atoms with Crippen LogP contribution in [0, 0.1) is 0 Å². The fraction of sp³-hybridized carbons (Fsp3) is 0.812. The number of carbonyl (C=O) groups is 3. The number of carboxylic acid groups (broad SMARTS) is 1. The van der Waals surface area contributed by atoms with Gasteiger partial charge in [0, 0.05) is 18.8 Å². The number of aliphatic hydroxyl groups is 6. The largest absolute Gasteiger partial charge is 0.550 e. The zero-order chi connectivity index (χ0) is 26.3. The summed E-state index contributed by atoms with van der Waals surface area (Å²) >= 11 is 0. The van der Waals surface area contributed by atoms with E-state index in [-0.39, 0.29) is 19.1 Å². The third-order valence-corrected chi connectivity index (χ3v) is 3.53. The molecule has 0 radical (unpaired) electrons. The van der Waals surface area contributed by atoms with Gasteiger partial charge < -0.3 is 54.3 Å². The fourth-order valence-electron chi connectivity index (χ4n) is 1.70. The first-order valence-electron chi connectivity index (χ1n) is 9.05. The molecule has 0 aliphatic rings. The molecule has 5 atom stereocenters. The average molecular weight is 495 g/mol. The first-order chi connectivity index (χ1) is 14.3. The van der Waals surface area contributed by atoms with E-state index < -0.39 is 56.9 Å². The molecule has 0 heterocycles. The molecule has 0 saturated heterocycles. The summed E-state index contributed by atoms with van der Waals surface area (Å²) in [6.45, 7) is 1.11. The molecule has 0 unspecified atom stereocenters. The average Bonchev–Trinajstić information content (AvgIpc) is 2.62. The maximum atomic E-state index is 10.1. The molecule has 0 aliphatic heterocycles. The van der Waals surface area contributed by atoms with Crippen LogP contribution in [0.4, 0.5) is 0 Å². The van der Waals surface area contributed by atoms with Gasteiger partial charge in [0.05, 0.1) is 27.7 Å². The van der Waals surface area contributed by atoms with Crippen LogP contribution in [-0.2, 0) is 23.5 Å². The van der Waals surface area contributed by atoms with E-state index in [9.17, 15) is 24.1 Å². The number of aliphatic hydroxyl groups excluding tert-OH is 6. The number of carbonyl (C=O) groups excluding carboxylic acids is 3. The maximum absolute atomic E-state index is 10.1. The van der Waals surface area contributed by atoms with E-state index in [1.807, 2.05) is 21.1 Å². The number of nitrogens with zero attached hydrogens (tertiary/aromatic N) is 1. The first-order valence-corrected chi connectivity index (χ1v) is 10.6. The summed E-state index contributed by atoms with van der Waals surface area (Å²) in [7, 11) is 1.07. The maximum Gasteiger partial charge on any atom is 0.526 e. The van der Waals surface area contributed by atoms with Gasteiger partial charge in [-0.2, -0.15) is 0 Å². The van der Waals surface area contributed by atoms with Crippen molar-refractivity contribution in [2.45, 2.75) is 50.3 Å². The van der Waals surface area contributed by atoms with Crippen molar-refractivity contribution in [2.75, 3.05) is 34.3 Å². The number of carboxylic acids is 1. The summed E-state index contributed by atoms with van der Waals surface area (Å²) in [6, 6.07) is 0. The van der Waals surface area contributed by atoms with E-state index in [1.54, 1.807) is 0 Å². The van der Waals surface area contributed by atoms with Crippen molar-refractivity contribution >= 4 is 26.0 Å². The second-order valence-corrected chi connectivity index (χ2v) is 8.53. The van der Waals surface area contributed by atoms with Gasteiger partial charge in [-0.15, -0.1) is 0 Å². The minimum Gasteiger partial charge on any atom is -0.550 e. The highest BCUT2D eigenvalue weighted by molar-refractivity contribution is 7.46. The Bertz CT molecular complexity index is 590. The fourth-order valence-corrected chi connectivity index (χ4v) is 2.10. The molecule has 192 valence electrons. The van der Waals surface area contributed by atoms with E-state index in [1.165, 1.54) is 6.92 Å². The molecule has 32 heavy (non-hydrogen) atoms. The Balaban J connectivity index is -0.000000398. The van der Waals surface area contributed by atoms with Gasteiger partial charge in [-0.1, -0.05) is 6.92 Å². The van der Waals surface area contributed by atoms with Gasteiger partial charge in [-0.05, 0) is 0 Å². The monoisotopic (exact) mass is 495 g/mol. The number of quaternary nitrogens is 1. The van der Waals surface area contributed by atoms with E-state index in [0.717, 1.165) is 0 Å². The third-order valence-electron chi connectivity index (χ3n) is 3.09. The van der Waals surface area contributed by atoms with Crippen molar-refractivity contribution in [1.29, 1.82) is 0 Å².